The normalized spacial score (nSPS) is 24.8. The highest BCUT2D eigenvalue weighted by atomic mass is 16.5. The van der Waals surface area contributed by atoms with Crippen molar-refractivity contribution >= 4 is 5.97 Å². The van der Waals surface area contributed by atoms with Gasteiger partial charge in [0.25, 0.3) is 0 Å². The summed E-state index contributed by atoms with van der Waals surface area (Å²) < 4.78 is 5.82. The van der Waals surface area contributed by atoms with Crippen LogP contribution in [-0.2, 0) is 9.53 Å². The summed E-state index contributed by atoms with van der Waals surface area (Å²) in [5.41, 5.74) is 0.131. The number of hydrogen-bond acceptors (Lipinski definition) is 2. The molecular formula is C19H36O2. The lowest BCUT2D eigenvalue weighted by molar-refractivity contribution is -0.163. The van der Waals surface area contributed by atoms with Crippen molar-refractivity contribution in [3.05, 3.63) is 0 Å². The highest BCUT2D eigenvalue weighted by molar-refractivity contribution is 5.76. The number of carbonyl (C=O) groups excluding carboxylic acids is 1. The summed E-state index contributed by atoms with van der Waals surface area (Å²) in [6.07, 6.45) is 5.41. The predicted molar refractivity (Wildman–Crippen MR) is 89.1 cm³/mol. The first-order valence-electron chi connectivity index (χ1n) is 8.52. The molecule has 0 aromatic carbocycles. The second-order valence-corrected chi connectivity index (χ2v) is 9.87. The fraction of sp³-hybridized carbons (Fsp3) is 0.947. The summed E-state index contributed by atoms with van der Waals surface area (Å²) in [5.74, 6) is 0.742. The summed E-state index contributed by atoms with van der Waals surface area (Å²) in [4.78, 5) is 12.5. The molecule has 1 saturated carbocycles. The highest BCUT2D eigenvalue weighted by Gasteiger charge is 2.37. The van der Waals surface area contributed by atoms with Crippen LogP contribution in [0.2, 0.25) is 0 Å². The van der Waals surface area contributed by atoms with Crippen LogP contribution < -0.4 is 0 Å². The molecule has 21 heavy (non-hydrogen) atoms. The van der Waals surface area contributed by atoms with E-state index in [0.29, 0.717) is 5.41 Å². The van der Waals surface area contributed by atoms with Crippen molar-refractivity contribution in [3.8, 4) is 0 Å². The van der Waals surface area contributed by atoms with E-state index in [2.05, 4.69) is 41.5 Å². The lowest BCUT2D eigenvalue weighted by Gasteiger charge is -2.38. The van der Waals surface area contributed by atoms with Crippen LogP contribution in [-0.4, -0.2) is 12.1 Å². The van der Waals surface area contributed by atoms with E-state index >= 15 is 0 Å². The van der Waals surface area contributed by atoms with Crippen LogP contribution >= 0.6 is 0 Å². The van der Waals surface area contributed by atoms with Gasteiger partial charge >= 0.3 is 5.97 Å². The highest BCUT2D eigenvalue weighted by Crippen LogP contribution is 2.40. The smallest absolute Gasteiger partial charge is 0.311 e. The quantitative estimate of drug-likeness (QED) is 0.634. The Morgan fingerprint density at radius 2 is 1.38 bits per heavy atom. The van der Waals surface area contributed by atoms with Gasteiger partial charge < -0.3 is 4.74 Å². The molecule has 0 atom stereocenters. The van der Waals surface area contributed by atoms with Gasteiger partial charge in [-0.1, -0.05) is 41.5 Å². The Kier molecular flexibility index (Phi) is 5.56. The van der Waals surface area contributed by atoms with Crippen LogP contribution in [0.5, 0.6) is 0 Å². The molecule has 1 rings (SSSR count). The second-order valence-electron chi connectivity index (χ2n) is 9.87. The summed E-state index contributed by atoms with van der Waals surface area (Å²) >= 11 is 0. The van der Waals surface area contributed by atoms with E-state index in [-0.39, 0.29) is 22.9 Å². The van der Waals surface area contributed by atoms with Gasteiger partial charge in [-0.15, -0.1) is 0 Å². The number of hydrogen-bond donors (Lipinski definition) is 0. The monoisotopic (exact) mass is 296 g/mol. The molecule has 0 radical (unpaired) electrons. The van der Waals surface area contributed by atoms with Gasteiger partial charge in [0.1, 0.15) is 6.10 Å². The molecule has 1 aliphatic rings. The summed E-state index contributed by atoms with van der Waals surface area (Å²) in [6.45, 7) is 17.5. The Morgan fingerprint density at radius 1 is 0.905 bits per heavy atom. The third-order valence-electron chi connectivity index (χ3n) is 4.70. The zero-order valence-electron chi connectivity index (χ0n) is 15.5. The fourth-order valence-corrected chi connectivity index (χ4v) is 3.76. The van der Waals surface area contributed by atoms with Gasteiger partial charge in [0.05, 0.1) is 5.41 Å². The van der Waals surface area contributed by atoms with Crippen LogP contribution in [0.15, 0.2) is 0 Å². The molecule has 0 saturated heterocycles. The summed E-state index contributed by atoms with van der Waals surface area (Å²) in [6, 6.07) is 0. The minimum atomic E-state index is -0.390. The molecule has 0 amide bonds. The molecule has 0 unspecified atom stereocenters. The lowest BCUT2D eigenvalue weighted by atomic mass is 9.71. The Bertz CT molecular complexity index is 347. The van der Waals surface area contributed by atoms with Crippen molar-refractivity contribution in [3.63, 3.8) is 0 Å². The SMILES string of the molecule is CC(C)(C)CC(C)(C)C(=O)OC1CCC(C(C)(C)C)CC1. The topological polar surface area (TPSA) is 26.3 Å². The maximum atomic E-state index is 12.5. The Morgan fingerprint density at radius 3 is 1.76 bits per heavy atom. The largest absolute Gasteiger partial charge is 0.462 e. The van der Waals surface area contributed by atoms with E-state index in [1.165, 1.54) is 12.8 Å². The minimum Gasteiger partial charge on any atom is -0.462 e. The molecular weight excluding hydrogens is 260 g/mol. The first-order valence-corrected chi connectivity index (χ1v) is 8.52. The second kappa shape index (κ2) is 6.30. The minimum absolute atomic E-state index is 0.0170. The van der Waals surface area contributed by atoms with Crippen LogP contribution in [0.1, 0.15) is 87.5 Å². The first kappa shape index (κ1) is 18.5. The van der Waals surface area contributed by atoms with Crippen molar-refractivity contribution < 1.29 is 9.53 Å². The standard InChI is InChI=1S/C19H36O2/c1-17(2,3)13-19(7,8)16(20)21-15-11-9-14(10-12-15)18(4,5)6/h14-15H,9-13H2,1-8H3. The molecule has 0 aliphatic heterocycles. The van der Waals surface area contributed by atoms with E-state index in [4.69, 9.17) is 4.74 Å². The van der Waals surface area contributed by atoms with Gasteiger partial charge in [0.15, 0.2) is 0 Å². The number of rotatable bonds is 3. The third-order valence-corrected chi connectivity index (χ3v) is 4.70. The molecule has 1 fully saturated rings. The van der Waals surface area contributed by atoms with E-state index in [0.717, 1.165) is 25.2 Å². The van der Waals surface area contributed by atoms with E-state index < -0.39 is 0 Å². The average molecular weight is 296 g/mol. The Labute approximate surface area is 132 Å². The van der Waals surface area contributed by atoms with E-state index in [9.17, 15) is 4.79 Å². The Balaban J connectivity index is 2.50. The summed E-state index contributed by atoms with van der Waals surface area (Å²) in [7, 11) is 0. The molecule has 0 heterocycles. The molecule has 0 aromatic rings. The number of ether oxygens (including phenoxy) is 1. The Hall–Kier alpha value is -0.530. The molecule has 0 N–H and O–H groups in total. The molecule has 124 valence electrons. The van der Waals surface area contributed by atoms with Crippen LogP contribution in [0.3, 0.4) is 0 Å². The van der Waals surface area contributed by atoms with Gasteiger partial charge in [0, 0.05) is 0 Å². The van der Waals surface area contributed by atoms with Crippen molar-refractivity contribution in [2.45, 2.75) is 93.6 Å². The lowest BCUT2D eigenvalue weighted by Crippen LogP contribution is -2.36. The van der Waals surface area contributed by atoms with Crippen LogP contribution in [0.4, 0.5) is 0 Å². The van der Waals surface area contributed by atoms with E-state index in [1.54, 1.807) is 0 Å². The zero-order valence-corrected chi connectivity index (χ0v) is 15.5. The molecule has 1 aliphatic carbocycles. The van der Waals surface area contributed by atoms with Crippen molar-refractivity contribution in [2.24, 2.45) is 22.2 Å². The van der Waals surface area contributed by atoms with E-state index in [1.807, 2.05) is 13.8 Å². The maximum absolute atomic E-state index is 12.5. The summed E-state index contributed by atoms with van der Waals surface area (Å²) in [5, 5.41) is 0. The van der Waals surface area contributed by atoms with Crippen LogP contribution in [0, 0.1) is 22.2 Å². The van der Waals surface area contributed by atoms with Crippen molar-refractivity contribution in [1.29, 1.82) is 0 Å². The van der Waals surface area contributed by atoms with Gasteiger partial charge in [0.2, 0.25) is 0 Å². The molecule has 0 aromatic heterocycles. The molecule has 2 heteroatoms. The first-order chi connectivity index (χ1) is 9.31. The molecule has 0 bridgehead atoms. The predicted octanol–water partition coefficient (Wildman–Crippen LogP) is 5.60. The number of esters is 1. The zero-order chi connectivity index (χ0) is 16.5. The molecule has 2 nitrogen and oxygen atoms in total. The van der Waals surface area contributed by atoms with Gasteiger partial charge in [-0.2, -0.15) is 0 Å². The van der Waals surface area contributed by atoms with Crippen molar-refractivity contribution in [1.82, 2.24) is 0 Å². The average Bonchev–Trinajstić information content (AvgIpc) is 2.25. The van der Waals surface area contributed by atoms with Crippen LogP contribution in [0.25, 0.3) is 0 Å². The maximum Gasteiger partial charge on any atom is 0.311 e. The number of carbonyl (C=O) groups is 1. The third kappa shape index (κ3) is 6.00. The van der Waals surface area contributed by atoms with Gasteiger partial charge in [-0.25, -0.2) is 0 Å². The molecule has 0 spiro atoms. The van der Waals surface area contributed by atoms with Gasteiger partial charge in [-0.3, -0.25) is 4.79 Å². The fourth-order valence-electron chi connectivity index (χ4n) is 3.76. The van der Waals surface area contributed by atoms with Crippen molar-refractivity contribution in [2.75, 3.05) is 0 Å². The van der Waals surface area contributed by atoms with Gasteiger partial charge in [-0.05, 0) is 62.7 Å².